The predicted octanol–water partition coefficient (Wildman–Crippen LogP) is 3.30. The van der Waals surface area contributed by atoms with Crippen LogP contribution in [0, 0.1) is 10.1 Å². The Labute approximate surface area is 187 Å². The van der Waals surface area contributed by atoms with Gasteiger partial charge in [-0.3, -0.25) is 19.8 Å². The van der Waals surface area contributed by atoms with Gasteiger partial charge in [-0.1, -0.05) is 23.2 Å². The normalized spacial score (nSPS) is 16.9. The maximum absolute atomic E-state index is 12.7. The standard InChI is InChI=1S/C17H18Cl2N4O5S2/c1-11(17(24)20-14-10-12(23(25)26)2-3-13(14)18)21-6-8-22(9-7-21)30(27,28)16-5-4-15(19)29-16/h2-5,10-11H,6-9H2,1H3,(H,20,24). The van der Waals surface area contributed by atoms with Crippen molar-refractivity contribution in [3.8, 4) is 0 Å². The van der Waals surface area contributed by atoms with Gasteiger partial charge in [0.05, 0.1) is 26.0 Å². The molecule has 1 aliphatic rings. The number of nitro benzene ring substituents is 1. The molecule has 1 atom stereocenters. The third-order valence-electron chi connectivity index (χ3n) is 4.76. The molecule has 0 saturated carbocycles. The van der Waals surface area contributed by atoms with Gasteiger partial charge >= 0.3 is 0 Å². The van der Waals surface area contributed by atoms with Gasteiger partial charge in [0, 0.05) is 38.3 Å². The van der Waals surface area contributed by atoms with E-state index in [0.29, 0.717) is 17.4 Å². The lowest BCUT2D eigenvalue weighted by molar-refractivity contribution is -0.384. The molecule has 1 aliphatic heterocycles. The van der Waals surface area contributed by atoms with Crippen LogP contribution >= 0.6 is 34.5 Å². The summed E-state index contributed by atoms with van der Waals surface area (Å²) in [4.78, 5) is 24.8. The monoisotopic (exact) mass is 492 g/mol. The van der Waals surface area contributed by atoms with Gasteiger partial charge in [-0.25, -0.2) is 8.42 Å². The topological polar surface area (TPSA) is 113 Å². The number of rotatable bonds is 6. The number of anilines is 1. The van der Waals surface area contributed by atoms with Crippen molar-refractivity contribution in [2.75, 3.05) is 31.5 Å². The number of sulfonamides is 1. The van der Waals surface area contributed by atoms with Crippen molar-refractivity contribution in [2.45, 2.75) is 17.2 Å². The molecule has 13 heteroatoms. The molecule has 1 aromatic heterocycles. The highest BCUT2D eigenvalue weighted by Gasteiger charge is 2.32. The zero-order valence-corrected chi connectivity index (χ0v) is 18.9. The zero-order valence-electron chi connectivity index (χ0n) is 15.7. The number of nitrogens with one attached hydrogen (secondary N) is 1. The van der Waals surface area contributed by atoms with E-state index in [1.54, 1.807) is 13.0 Å². The van der Waals surface area contributed by atoms with Crippen molar-refractivity contribution in [1.29, 1.82) is 0 Å². The van der Waals surface area contributed by atoms with Crippen LogP contribution in [-0.4, -0.2) is 60.7 Å². The summed E-state index contributed by atoms with van der Waals surface area (Å²) in [5, 5.41) is 13.7. The number of amides is 1. The molecular formula is C17H18Cl2N4O5S2. The lowest BCUT2D eigenvalue weighted by atomic mass is 10.2. The lowest BCUT2D eigenvalue weighted by Crippen LogP contribution is -2.53. The number of hydrogen-bond acceptors (Lipinski definition) is 7. The van der Waals surface area contributed by atoms with Gasteiger partial charge in [-0.15, -0.1) is 11.3 Å². The Morgan fingerprint density at radius 2 is 1.87 bits per heavy atom. The number of nitro groups is 1. The summed E-state index contributed by atoms with van der Waals surface area (Å²) in [6, 6.07) is 6.24. The van der Waals surface area contributed by atoms with Gasteiger partial charge in [0.2, 0.25) is 5.91 Å². The van der Waals surface area contributed by atoms with Gasteiger partial charge < -0.3 is 5.32 Å². The Bertz CT molecular complexity index is 1070. The van der Waals surface area contributed by atoms with E-state index < -0.39 is 26.9 Å². The summed E-state index contributed by atoms with van der Waals surface area (Å²) in [7, 11) is -3.62. The van der Waals surface area contributed by atoms with E-state index in [-0.39, 0.29) is 33.7 Å². The molecule has 1 unspecified atom stereocenters. The van der Waals surface area contributed by atoms with E-state index in [1.807, 2.05) is 4.90 Å². The molecule has 30 heavy (non-hydrogen) atoms. The summed E-state index contributed by atoms with van der Waals surface area (Å²) < 4.78 is 27.3. The van der Waals surface area contributed by atoms with Crippen LogP contribution in [0.25, 0.3) is 0 Å². The van der Waals surface area contributed by atoms with Crippen LogP contribution in [-0.2, 0) is 14.8 Å². The molecule has 0 spiro atoms. The van der Waals surface area contributed by atoms with E-state index in [2.05, 4.69) is 5.32 Å². The molecule has 2 heterocycles. The molecule has 1 fully saturated rings. The molecule has 0 aliphatic carbocycles. The second kappa shape index (κ2) is 9.16. The second-order valence-electron chi connectivity index (χ2n) is 6.59. The van der Waals surface area contributed by atoms with Crippen LogP contribution in [0.15, 0.2) is 34.5 Å². The fourth-order valence-electron chi connectivity index (χ4n) is 3.02. The smallest absolute Gasteiger partial charge is 0.271 e. The Balaban J connectivity index is 1.62. The number of non-ortho nitro benzene ring substituents is 1. The third kappa shape index (κ3) is 4.93. The Kier molecular flexibility index (Phi) is 7.00. The number of thiophene rings is 1. The Morgan fingerprint density at radius 3 is 2.43 bits per heavy atom. The van der Waals surface area contributed by atoms with Gasteiger partial charge in [0.15, 0.2) is 0 Å². The van der Waals surface area contributed by atoms with Gasteiger partial charge in [-0.05, 0) is 25.1 Å². The maximum atomic E-state index is 12.7. The summed E-state index contributed by atoms with van der Waals surface area (Å²) in [5.74, 6) is -0.390. The average molecular weight is 493 g/mol. The van der Waals surface area contributed by atoms with Gasteiger partial charge in [0.25, 0.3) is 15.7 Å². The quantitative estimate of drug-likeness (QED) is 0.488. The highest BCUT2D eigenvalue weighted by Crippen LogP contribution is 2.29. The highest BCUT2D eigenvalue weighted by molar-refractivity contribution is 7.91. The SMILES string of the molecule is CC(C(=O)Nc1cc([N+](=O)[O-])ccc1Cl)N1CCN(S(=O)(=O)c2ccc(Cl)s2)CC1. The minimum Gasteiger partial charge on any atom is -0.323 e. The number of halogens is 2. The molecule has 9 nitrogen and oxygen atoms in total. The first-order valence-corrected chi connectivity index (χ1v) is 11.8. The third-order valence-corrected chi connectivity index (χ3v) is 8.69. The summed E-state index contributed by atoms with van der Waals surface area (Å²) in [6.45, 7) is 2.86. The molecule has 1 saturated heterocycles. The molecule has 162 valence electrons. The molecule has 1 N–H and O–H groups in total. The van der Waals surface area contributed by atoms with Crippen molar-refractivity contribution in [1.82, 2.24) is 9.21 Å². The summed E-state index contributed by atoms with van der Waals surface area (Å²) in [5.41, 5.74) is -0.0339. The molecule has 3 rings (SSSR count). The second-order valence-corrected chi connectivity index (χ2v) is 10.9. The lowest BCUT2D eigenvalue weighted by Gasteiger charge is -2.36. The molecule has 2 aromatic rings. The first-order chi connectivity index (χ1) is 14.1. The van der Waals surface area contributed by atoms with Crippen molar-refractivity contribution >= 4 is 61.8 Å². The number of piperazine rings is 1. The van der Waals surface area contributed by atoms with Crippen LogP contribution in [0.3, 0.4) is 0 Å². The van der Waals surface area contributed by atoms with Crippen LogP contribution in [0.1, 0.15) is 6.92 Å². The van der Waals surface area contributed by atoms with Crippen molar-refractivity contribution < 1.29 is 18.1 Å². The van der Waals surface area contributed by atoms with Crippen molar-refractivity contribution in [2.24, 2.45) is 0 Å². The maximum Gasteiger partial charge on any atom is 0.271 e. The van der Waals surface area contributed by atoms with E-state index in [4.69, 9.17) is 23.2 Å². The minimum absolute atomic E-state index is 0.151. The van der Waals surface area contributed by atoms with Gasteiger partial charge in [0.1, 0.15) is 4.21 Å². The molecule has 1 amide bonds. The van der Waals surface area contributed by atoms with Crippen molar-refractivity contribution in [3.05, 3.63) is 49.8 Å². The van der Waals surface area contributed by atoms with Crippen LogP contribution in [0.2, 0.25) is 9.36 Å². The number of benzene rings is 1. The van der Waals surface area contributed by atoms with Crippen LogP contribution in [0.4, 0.5) is 11.4 Å². The number of carbonyl (C=O) groups excluding carboxylic acids is 1. The highest BCUT2D eigenvalue weighted by atomic mass is 35.5. The van der Waals surface area contributed by atoms with E-state index in [0.717, 1.165) is 11.3 Å². The molecule has 1 aromatic carbocycles. The average Bonchev–Trinajstić information content (AvgIpc) is 3.16. The fourth-order valence-corrected chi connectivity index (χ4v) is 6.24. The van der Waals surface area contributed by atoms with Crippen LogP contribution < -0.4 is 5.32 Å². The van der Waals surface area contributed by atoms with Gasteiger partial charge in [-0.2, -0.15) is 4.31 Å². The number of hydrogen-bond donors (Lipinski definition) is 1. The Morgan fingerprint density at radius 1 is 1.20 bits per heavy atom. The first-order valence-electron chi connectivity index (χ1n) is 8.84. The largest absolute Gasteiger partial charge is 0.323 e. The zero-order chi connectivity index (χ0) is 22.1. The molecule has 0 radical (unpaired) electrons. The first kappa shape index (κ1) is 22.9. The number of carbonyl (C=O) groups is 1. The molecule has 0 bridgehead atoms. The number of nitrogens with zero attached hydrogens (tertiary/aromatic N) is 3. The van der Waals surface area contributed by atoms with Crippen molar-refractivity contribution in [3.63, 3.8) is 0 Å². The minimum atomic E-state index is -3.62. The summed E-state index contributed by atoms with van der Waals surface area (Å²) >= 11 is 12.9. The molecular weight excluding hydrogens is 475 g/mol. The summed E-state index contributed by atoms with van der Waals surface area (Å²) in [6.07, 6.45) is 0. The Hall–Kier alpha value is -1.76. The van der Waals surface area contributed by atoms with Crippen LogP contribution in [0.5, 0.6) is 0 Å². The predicted molar refractivity (Wildman–Crippen MR) is 116 cm³/mol. The van der Waals surface area contributed by atoms with E-state index in [1.165, 1.54) is 28.6 Å². The van der Waals surface area contributed by atoms with E-state index >= 15 is 0 Å². The van der Waals surface area contributed by atoms with E-state index in [9.17, 15) is 23.3 Å². The fraction of sp³-hybridized carbons (Fsp3) is 0.353.